The number of piperidine rings is 1. The van der Waals surface area contributed by atoms with Crippen LogP contribution >= 0.6 is 11.3 Å². The lowest BCUT2D eigenvalue weighted by molar-refractivity contribution is -0.0298. The van der Waals surface area contributed by atoms with Gasteiger partial charge in [0.25, 0.3) is 0 Å². The summed E-state index contributed by atoms with van der Waals surface area (Å²) in [5.74, 6) is 0.919. The van der Waals surface area contributed by atoms with Crippen LogP contribution in [0.1, 0.15) is 41.9 Å². The van der Waals surface area contributed by atoms with E-state index in [1.165, 1.54) is 24.9 Å². The average molecular weight is 373 g/mol. The molecule has 140 valence electrons. The third-order valence-corrected chi connectivity index (χ3v) is 6.34. The molecule has 1 N–H and O–H groups in total. The highest BCUT2D eigenvalue weighted by Gasteiger charge is 2.37. The molecule has 0 spiro atoms. The summed E-state index contributed by atoms with van der Waals surface area (Å²) in [6.07, 6.45) is 8.09. The predicted octanol–water partition coefficient (Wildman–Crippen LogP) is 2.86. The van der Waals surface area contributed by atoms with E-state index in [4.69, 9.17) is 4.98 Å². The molecule has 2 aromatic rings. The number of hydrogen-bond acceptors (Lipinski definition) is 6. The second-order valence-electron chi connectivity index (χ2n) is 7.94. The molecule has 1 saturated heterocycles. The Morgan fingerprint density at radius 3 is 2.81 bits per heavy atom. The Hall–Kier alpha value is -1.34. The Morgan fingerprint density at radius 1 is 1.31 bits per heavy atom. The van der Waals surface area contributed by atoms with E-state index < -0.39 is 5.60 Å². The highest BCUT2D eigenvalue weighted by molar-refractivity contribution is 7.09. The summed E-state index contributed by atoms with van der Waals surface area (Å²) in [6, 6.07) is 4.06. The number of pyridine rings is 1. The van der Waals surface area contributed by atoms with E-state index >= 15 is 0 Å². The zero-order valence-corrected chi connectivity index (χ0v) is 16.3. The van der Waals surface area contributed by atoms with Gasteiger partial charge in [-0.05, 0) is 50.3 Å². The van der Waals surface area contributed by atoms with Gasteiger partial charge in [0.2, 0.25) is 0 Å². The second kappa shape index (κ2) is 7.72. The van der Waals surface area contributed by atoms with Gasteiger partial charge in [0, 0.05) is 44.0 Å². The maximum absolute atomic E-state index is 11.1. The summed E-state index contributed by atoms with van der Waals surface area (Å²) < 4.78 is 0. The van der Waals surface area contributed by atoms with Crippen LogP contribution in [-0.2, 0) is 18.7 Å². The van der Waals surface area contributed by atoms with Crippen molar-refractivity contribution in [2.75, 3.05) is 26.7 Å². The fourth-order valence-electron chi connectivity index (χ4n) is 3.71. The van der Waals surface area contributed by atoms with Crippen molar-refractivity contribution in [1.29, 1.82) is 0 Å². The van der Waals surface area contributed by atoms with Gasteiger partial charge in [0.1, 0.15) is 10.6 Å². The summed E-state index contributed by atoms with van der Waals surface area (Å²) in [5, 5.41) is 14.2. The minimum atomic E-state index is -0.739. The molecular formula is C20H28N4OS. The van der Waals surface area contributed by atoms with E-state index in [0.29, 0.717) is 0 Å². The molecule has 1 saturated carbocycles. The van der Waals surface area contributed by atoms with Gasteiger partial charge in [-0.2, -0.15) is 0 Å². The molecule has 2 fully saturated rings. The highest BCUT2D eigenvalue weighted by atomic mass is 32.1. The number of rotatable bonds is 7. The Kier molecular flexibility index (Phi) is 5.36. The third kappa shape index (κ3) is 4.49. The molecule has 3 heterocycles. The van der Waals surface area contributed by atoms with Crippen molar-refractivity contribution < 1.29 is 5.11 Å². The van der Waals surface area contributed by atoms with Gasteiger partial charge in [-0.1, -0.05) is 6.07 Å². The Bertz CT molecular complexity index is 708. The Balaban J connectivity index is 1.32. The second-order valence-corrected chi connectivity index (χ2v) is 8.88. The lowest BCUT2D eigenvalue weighted by Crippen LogP contribution is -2.43. The molecule has 0 unspecified atom stereocenters. The smallest absolute Gasteiger partial charge is 0.110 e. The summed E-state index contributed by atoms with van der Waals surface area (Å²) >= 11 is 1.66. The van der Waals surface area contributed by atoms with Gasteiger partial charge in [0.15, 0.2) is 0 Å². The van der Waals surface area contributed by atoms with Crippen LogP contribution in [0.25, 0.3) is 0 Å². The Morgan fingerprint density at radius 2 is 2.12 bits per heavy atom. The maximum Gasteiger partial charge on any atom is 0.110 e. The largest absolute Gasteiger partial charge is 0.383 e. The predicted molar refractivity (Wildman–Crippen MR) is 104 cm³/mol. The van der Waals surface area contributed by atoms with Crippen molar-refractivity contribution in [3.8, 4) is 0 Å². The third-order valence-electron chi connectivity index (χ3n) is 5.51. The zero-order valence-electron chi connectivity index (χ0n) is 15.5. The first-order chi connectivity index (χ1) is 12.6. The molecular weight excluding hydrogens is 344 g/mol. The topological polar surface area (TPSA) is 52.5 Å². The van der Waals surface area contributed by atoms with Gasteiger partial charge in [-0.25, -0.2) is 4.98 Å². The van der Waals surface area contributed by atoms with E-state index in [1.54, 1.807) is 17.5 Å². The maximum atomic E-state index is 11.1. The van der Waals surface area contributed by atoms with Crippen molar-refractivity contribution >= 4 is 11.3 Å². The van der Waals surface area contributed by atoms with Gasteiger partial charge in [0.05, 0.1) is 12.2 Å². The molecule has 4 rings (SSSR count). The molecule has 1 aliphatic heterocycles. The van der Waals surface area contributed by atoms with E-state index in [1.807, 2.05) is 12.3 Å². The fourth-order valence-corrected chi connectivity index (χ4v) is 4.68. The normalized spacial score (nSPS) is 20.6. The first kappa shape index (κ1) is 18.0. The number of aliphatic hydroxyl groups is 1. The molecule has 0 aromatic carbocycles. The van der Waals surface area contributed by atoms with Crippen LogP contribution in [0.15, 0.2) is 29.9 Å². The lowest BCUT2D eigenvalue weighted by atomic mass is 9.88. The first-order valence-corrected chi connectivity index (χ1v) is 10.5. The number of aromatic nitrogens is 2. The van der Waals surface area contributed by atoms with Crippen LogP contribution in [0, 0.1) is 5.92 Å². The zero-order chi connectivity index (χ0) is 18.0. The molecule has 0 atom stereocenters. The van der Waals surface area contributed by atoms with Crippen LogP contribution in [-0.4, -0.2) is 51.6 Å². The van der Waals surface area contributed by atoms with Gasteiger partial charge >= 0.3 is 0 Å². The molecule has 6 heteroatoms. The molecule has 2 aromatic heterocycles. The fraction of sp³-hybridized carbons (Fsp3) is 0.600. The summed E-state index contributed by atoms with van der Waals surface area (Å²) in [6.45, 7) is 4.84. The number of thiazole rings is 1. The summed E-state index contributed by atoms with van der Waals surface area (Å²) in [5.41, 5.74) is 1.34. The van der Waals surface area contributed by atoms with E-state index in [2.05, 4.69) is 33.3 Å². The molecule has 5 nitrogen and oxygen atoms in total. The van der Waals surface area contributed by atoms with Crippen LogP contribution in [0.3, 0.4) is 0 Å². The number of likely N-dealkylation sites (tertiary alicyclic amines) is 1. The van der Waals surface area contributed by atoms with Gasteiger partial charge in [-0.15, -0.1) is 11.3 Å². The molecule has 0 bridgehead atoms. The van der Waals surface area contributed by atoms with Crippen LogP contribution in [0.5, 0.6) is 0 Å². The Labute approximate surface area is 159 Å². The van der Waals surface area contributed by atoms with E-state index in [9.17, 15) is 5.11 Å². The number of nitrogens with zero attached hydrogens (tertiary/aromatic N) is 4. The van der Waals surface area contributed by atoms with Crippen molar-refractivity contribution in [1.82, 2.24) is 19.8 Å². The molecule has 2 aliphatic rings. The molecule has 1 aliphatic carbocycles. The molecule has 0 amide bonds. The number of hydrogen-bond donors (Lipinski definition) is 1. The van der Waals surface area contributed by atoms with Gasteiger partial charge in [-0.3, -0.25) is 9.88 Å². The SMILES string of the molecule is CN(Cc1cccnc1)Cc1nc(C2(O)CCN(CC3CC3)CC2)cs1. The van der Waals surface area contributed by atoms with Crippen LogP contribution in [0.4, 0.5) is 0 Å². The van der Waals surface area contributed by atoms with Crippen molar-refractivity contribution in [2.24, 2.45) is 5.92 Å². The van der Waals surface area contributed by atoms with Crippen LogP contribution in [0.2, 0.25) is 0 Å². The first-order valence-electron chi connectivity index (χ1n) is 9.58. The minimum absolute atomic E-state index is 0.739. The summed E-state index contributed by atoms with van der Waals surface area (Å²) in [4.78, 5) is 13.7. The lowest BCUT2D eigenvalue weighted by Gasteiger charge is -2.37. The highest BCUT2D eigenvalue weighted by Crippen LogP contribution is 2.36. The molecule has 26 heavy (non-hydrogen) atoms. The average Bonchev–Trinajstić information content (AvgIpc) is 3.33. The quantitative estimate of drug-likeness (QED) is 0.810. The van der Waals surface area contributed by atoms with Gasteiger partial charge < -0.3 is 10.0 Å². The van der Waals surface area contributed by atoms with Crippen LogP contribution < -0.4 is 0 Å². The monoisotopic (exact) mass is 372 g/mol. The van der Waals surface area contributed by atoms with Crippen molar-refractivity contribution in [3.05, 3.63) is 46.2 Å². The standard InChI is InChI=1S/C20H28N4OS/c1-23(12-17-3-2-8-21-11-17)14-19-22-18(15-26-19)20(25)6-9-24(10-7-20)13-16-4-5-16/h2-3,8,11,15-16,25H,4-7,9-10,12-14H2,1H3. The van der Waals surface area contributed by atoms with Crippen molar-refractivity contribution in [3.63, 3.8) is 0 Å². The van der Waals surface area contributed by atoms with E-state index in [-0.39, 0.29) is 0 Å². The molecule has 0 radical (unpaired) electrons. The van der Waals surface area contributed by atoms with Crippen molar-refractivity contribution in [2.45, 2.75) is 44.4 Å². The summed E-state index contributed by atoms with van der Waals surface area (Å²) in [7, 11) is 2.10. The van der Waals surface area contributed by atoms with E-state index in [0.717, 1.165) is 55.6 Å². The minimum Gasteiger partial charge on any atom is -0.383 e.